The number of aliphatic carboxylic acids is 2. The van der Waals surface area contributed by atoms with Crippen molar-refractivity contribution in [2.45, 2.75) is 92.4 Å². The van der Waals surface area contributed by atoms with Gasteiger partial charge in [-0.05, 0) is 32.1 Å². The summed E-state index contributed by atoms with van der Waals surface area (Å²) in [5.41, 5.74) is 0. The molecule has 0 saturated heterocycles. The first-order chi connectivity index (χ1) is 12.3. The van der Waals surface area contributed by atoms with Gasteiger partial charge in [0.25, 0.3) is 0 Å². The summed E-state index contributed by atoms with van der Waals surface area (Å²) in [4.78, 5) is 20.0. The molecule has 0 aromatic carbocycles. The molecular weight excluding hydrogens is 330 g/mol. The topological polar surface area (TPSA) is 74.6 Å². The molecule has 2 N–H and O–H groups in total. The van der Waals surface area contributed by atoms with Gasteiger partial charge in [-0.25, -0.2) is 0 Å². The van der Waals surface area contributed by atoms with E-state index in [2.05, 4.69) is 27.7 Å². The minimum Gasteiger partial charge on any atom is -0.481 e. The van der Waals surface area contributed by atoms with Crippen molar-refractivity contribution in [3.05, 3.63) is 0 Å². The lowest BCUT2D eigenvalue weighted by Crippen LogP contribution is -2.50. The third kappa shape index (κ3) is 13.2. The predicted molar refractivity (Wildman–Crippen MR) is 108 cm³/mol. The van der Waals surface area contributed by atoms with Crippen molar-refractivity contribution in [2.24, 2.45) is 5.92 Å². The largest absolute Gasteiger partial charge is 0.481 e. The first kappa shape index (κ1) is 27.1. The first-order valence-electron chi connectivity index (χ1n) is 10.6. The maximum Gasteiger partial charge on any atom is 0.317 e. The fourth-order valence-electron chi connectivity index (χ4n) is 3.10. The number of nitrogens with zero attached hydrogens (tertiary/aromatic N) is 1. The third-order valence-corrected chi connectivity index (χ3v) is 4.95. The van der Waals surface area contributed by atoms with E-state index < -0.39 is 17.9 Å². The van der Waals surface area contributed by atoms with Crippen LogP contribution in [0.1, 0.15) is 92.4 Å². The molecule has 0 fully saturated rings. The number of unbranched alkanes of at least 4 members (excludes halogenated alkanes) is 4. The number of quaternary nitrogens is 1. The molecule has 0 bridgehead atoms. The van der Waals surface area contributed by atoms with Gasteiger partial charge in [-0.2, -0.15) is 0 Å². The van der Waals surface area contributed by atoms with Crippen molar-refractivity contribution >= 4 is 11.9 Å². The van der Waals surface area contributed by atoms with Crippen LogP contribution in [0.15, 0.2) is 0 Å². The summed E-state index contributed by atoms with van der Waals surface area (Å²) in [6, 6.07) is 0. The molecular formula is C21H44NO4+. The molecule has 0 aliphatic rings. The van der Waals surface area contributed by atoms with E-state index in [0.717, 1.165) is 0 Å². The standard InChI is InChI=1S/C16H36N.C5H8O4/c1-5-9-13-17(14-10-6-2,15-11-7-3)16-12-8-4;1-2-3(4(6)7)5(8)9/h5-16H2,1-4H3;3H,2H2,1H3,(H,6,7)(H,8,9)/q+1;. The zero-order valence-electron chi connectivity index (χ0n) is 17.9. The lowest BCUT2D eigenvalue weighted by Gasteiger charge is -2.39. The van der Waals surface area contributed by atoms with Crippen LogP contribution in [0, 0.1) is 5.92 Å². The van der Waals surface area contributed by atoms with E-state index in [-0.39, 0.29) is 6.42 Å². The summed E-state index contributed by atoms with van der Waals surface area (Å²) in [5, 5.41) is 16.3. The van der Waals surface area contributed by atoms with Crippen LogP contribution in [-0.2, 0) is 9.59 Å². The Bertz CT molecular complexity index is 306. The van der Waals surface area contributed by atoms with Crippen molar-refractivity contribution in [1.82, 2.24) is 0 Å². The van der Waals surface area contributed by atoms with E-state index in [0.29, 0.717) is 0 Å². The summed E-state index contributed by atoms with van der Waals surface area (Å²) in [5.74, 6) is -3.79. The molecule has 0 radical (unpaired) electrons. The second-order valence-electron chi connectivity index (χ2n) is 7.29. The summed E-state index contributed by atoms with van der Waals surface area (Å²) in [6.07, 6.45) is 11.2. The highest BCUT2D eigenvalue weighted by Crippen LogP contribution is 2.16. The average molecular weight is 375 g/mol. The summed E-state index contributed by atoms with van der Waals surface area (Å²) >= 11 is 0. The molecule has 26 heavy (non-hydrogen) atoms. The summed E-state index contributed by atoms with van der Waals surface area (Å²) in [6.45, 7) is 16.5. The number of carboxylic acids is 2. The van der Waals surface area contributed by atoms with Gasteiger partial charge in [0.2, 0.25) is 0 Å². The Morgan fingerprint density at radius 1 is 0.654 bits per heavy atom. The number of hydrogen-bond donors (Lipinski definition) is 2. The predicted octanol–water partition coefficient (Wildman–Crippen LogP) is 5.19. The molecule has 0 spiro atoms. The Kier molecular flexibility index (Phi) is 18.1. The highest BCUT2D eigenvalue weighted by atomic mass is 16.4. The molecule has 0 unspecified atom stereocenters. The zero-order chi connectivity index (χ0) is 20.4. The molecule has 0 aliphatic carbocycles. The second kappa shape index (κ2) is 17.3. The van der Waals surface area contributed by atoms with Crippen molar-refractivity contribution in [2.75, 3.05) is 26.2 Å². The minimum absolute atomic E-state index is 0.130. The van der Waals surface area contributed by atoms with Gasteiger partial charge in [0.05, 0.1) is 26.2 Å². The van der Waals surface area contributed by atoms with Gasteiger partial charge in [-0.15, -0.1) is 0 Å². The first-order valence-corrected chi connectivity index (χ1v) is 10.6. The van der Waals surface area contributed by atoms with Crippen molar-refractivity contribution in [3.63, 3.8) is 0 Å². The molecule has 0 atom stereocenters. The third-order valence-electron chi connectivity index (χ3n) is 4.95. The van der Waals surface area contributed by atoms with Crippen LogP contribution in [0.25, 0.3) is 0 Å². The molecule has 0 heterocycles. The highest BCUT2D eigenvalue weighted by molar-refractivity contribution is 5.92. The van der Waals surface area contributed by atoms with E-state index >= 15 is 0 Å². The van der Waals surface area contributed by atoms with E-state index in [1.54, 1.807) is 0 Å². The molecule has 5 heteroatoms. The van der Waals surface area contributed by atoms with Gasteiger partial charge in [0.1, 0.15) is 0 Å². The van der Waals surface area contributed by atoms with Crippen LogP contribution < -0.4 is 0 Å². The van der Waals surface area contributed by atoms with Crippen molar-refractivity contribution in [1.29, 1.82) is 0 Å². The summed E-state index contributed by atoms with van der Waals surface area (Å²) in [7, 11) is 0. The molecule has 0 aliphatic heterocycles. The Morgan fingerprint density at radius 2 is 0.923 bits per heavy atom. The van der Waals surface area contributed by atoms with Crippen LogP contribution in [0.5, 0.6) is 0 Å². The highest BCUT2D eigenvalue weighted by Gasteiger charge is 2.24. The summed E-state index contributed by atoms with van der Waals surface area (Å²) < 4.78 is 1.42. The molecule has 0 rings (SSSR count). The molecule has 156 valence electrons. The smallest absolute Gasteiger partial charge is 0.317 e. The van der Waals surface area contributed by atoms with Gasteiger partial charge in [0.15, 0.2) is 5.92 Å². The van der Waals surface area contributed by atoms with Crippen LogP contribution >= 0.6 is 0 Å². The molecule has 0 aromatic heterocycles. The number of carbonyl (C=O) groups is 2. The van der Waals surface area contributed by atoms with Crippen LogP contribution in [-0.4, -0.2) is 52.8 Å². The van der Waals surface area contributed by atoms with Crippen molar-refractivity contribution in [3.8, 4) is 0 Å². The van der Waals surface area contributed by atoms with Gasteiger partial charge >= 0.3 is 11.9 Å². The maximum atomic E-state index is 9.99. The van der Waals surface area contributed by atoms with E-state index in [4.69, 9.17) is 10.2 Å². The second-order valence-corrected chi connectivity index (χ2v) is 7.29. The SMILES string of the molecule is CCC(C(=O)O)C(=O)O.CCCC[N+](CCCC)(CCCC)CCCC. The van der Waals surface area contributed by atoms with Crippen LogP contribution in [0.2, 0.25) is 0 Å². The van der Waals surface area contributed by atoms with Gasteiger partial charge in [-0.1, -0.05) is 60.3 Å². The number of rotatable bonds is 15. The van der Waals surface area contributed by atoms with Crippen LogP contribution in [0.4, 0.5) is 0 Å². The van der Waals surface area contributed by atoms with Crippen LogP contribution in [0.3, 0.4) is 0 Å². The number of hydrogen-bond acceptors (Lipinski definition) is 2. The molecule has 0 aromatic rings. The monoisotopic (exact) mass is 374 g/mol. The van der Waals surface area contributed by atoms with E-state index in [1.165, 1.54) is 89.0 Å². The Hall–Kier alpha value is -1.10. The van der Waals surface area contributed by atoms with Gasteiger partial charge < -0.3 is 14.7 Å². The fraction of sp³-hybridized carbons (Fsp3) is 0.905. The fourth-order valence-corrected chi connectivity index (χ4v) is 3.10. The van der Waals surface area contributed by atoms with Gasteiger partial charge in [-0.3, -0.25) is 9.59 Å². The van der Waals surface area contributed by atoms with E-state index in [1.807, 2.05) is 0 Å². The van der Waals surface area contributed by atoms with Crippen molar-refractivity contribution < 1.29 is 24.3 Å². The molecule has 5 nitrogen and oxygen atoms in total. The number of carboxylic acid groups (broad SMARTS) is 2. The molecule has 0 saturated carbocycles. The zero-order valence-corrected chi connectivity index (χ0v) is 17.9. The Balaban J connectivity index is 0. The quantitative estimate of drug-likeness (QED) is 0.306. The Morgan fingerprint density at radius 3 is 1.04 bits per heavy atom. The maximum absolute atomic E-state index is 9.99. The lowest BCUT2D eigenvalue weighted by molar-refractivity contribution is -0.929. The lowest BCUT2D eigenvalue weighted by atomic mass is 10.1. The Labute approximate surface area is 161 Å². The van der Waals surface area contributed by atoms with E-state index in [9.17, 15) is 9.59 Å². The molecule has 0 amide bonds. The average Bonchev–Trinajstić information content (AvgIpc) is 2.61. The normalized spacial score (nSPS) is 11.2. The van der Waals surface area contributed by atoms with Gasteiger partial charge in [0, 0.05) is 0 Å². The minimum atomic E-state index is -1.27.